The molecule has 3 aromatic carbocycles. The summed E-state index contributed by atoms with van der Waals surface area (Å²) in [4.78, 5) is 29.9. The molecular weight excluding hydrogens is 464 g/mol. The molecule has 2 aliphatic rings. The topological polar surface area (TPSA) is 73.9 Å². The Kier molecular flexibility index (Phi) is 6.93. The molecule has 0 bridgehead atoms. The quantitative estimate of drug-likeness (QED) is 0.330. The van der Waals surface area contributed by atoms with E-state index in [1.165, 1.54) is 5.69 Å². The number of imide groups is 1. The molecule has 7 heteroatoms. The molecule has 2 heterocycles. The van der Waals surface area contributed by atoms with Crippen molar-refractivity contribution >= 4 is 28.8 Å². The second kappa shape index (κ2) is 10.6. The Hall–Kier alpha value is -4.54. The number of anilines is 2. The number of carbonyl (C=O) groups excluding carboxylic acids is 2. The molecule has 37 heavy (non-hydrogen) atoms. The van der Waals surface area contributed by atoms with E-state index in [0.717, 1.165) is 43.2 Å². The first-order valence-electron chi connectivity index (χ1n) is 12.2. The second-order valence-electron chi connectivity index (χ2n) is 9.06. The summed E-state index contributed by atoms with van der Waals surface area (Å²) >= 11 is 0. The third-order valence-corrected chi connectivity index (χ3v) is 6.59. The molecule has 0 saturated carbocycles. The smallest absolute Gasteiger partial charge is 0.260 e. The van der Waals surface area contributed by atoms with Gasteiger partial charge in [-0.1, -0.05) is 11.8 Å². The summed E-state index contributed by atoms with van der Waals surface area (Å²) in [6.07, 6.45) is 1.64. The van der Waals surface area contributed by atoms with E-state index in [4.69, 9.17) is 4.74 Å². The fraction of sp³-hybridized carbons (Fsp3) is 0.200. The Bertz CT molecular complexity index is 1410. The molecule has 1 fully saturated rings. The third-order valence-electron chi connectivity index (χ3n) is 6.59. The fourth-order valence-corrected chi connectivity index (χ4v) is 4.35. The van der Waals surface area contributed by atoms with Crippen LogP contribution in [0.25, 0.3) is 5.57 Å². The van der Waals surface area contributed by atoms with Gasteiger partial charge < -0.3 is 19.9 Å². The number of fused-ring (bicyclic) bond motifs is 1. The molecular formula is C30H28N4O3. The van der Waals surface area contributed by atoms with Crippen molar-refractivity contribution in [2.45, 2.75) is 0 Å². The van der Waals surface area contributed by atoms with Crippen molar-refractivity contribution in [2.24, 2.45) is 0 Å². The average molecular weight is 493 g/mol. The molecule has 0 spiro atoms. The van der Waals surface area contributed by atoms with E-state index in [-0.39, 0.29) is 0 Å². The van der Waals surface area contributed by atoms with Gasteiger partial charge >= 0.3 is 0 Å². The normalized spacial score (nSPS) is 16.5. The number of hydrogen-bond donors (Lipinski definition) is 2. The number of hydrogen-bond acceptors (Lipinski definition) is 6. The van der Waals surface area contributed by atoms with Crippen LogP contribution in [0.5, 0.6) is 5.75 Å². The summed E-state index contributed by atoms with van der Waals surface area (Å²) in [6, 6.07) is 20.9. The average Bonchev–Trinajstić information content (AvgIpc) is 2.93. The van der Waals surface area contributed by atoms with Crippen LogP contribution in [0.15, 0.2) is 72.9 Å². The first-order chi connectivity index (χ1) is 18.0. The van der Waals surface area contributed by atoms with Crippen molar-refractivity contribution in [3.05, 3.63) is 95.2 Å². The highest BCUT2D eigenvalue weighted by molar-refractivity contribution is 6.31. The van der Waals surface area contributed by atoms with Crippen LogP contribution in [-0.2, 0) is 4.79 Å². The van der Waals surface area contributed by atoms with Gasteiger partial charge in [0, 0.05) is 66.0 Å². The number of amides is 2. The molecule has 2 N–H and O–H groups in total. The summed E-state index contributed by atoms with van der Waals surface area (Å²) < 4.78 is 5.18. The van der Waals surface area contributed by atoms with Crippen molar-refractivity contribution in [3.63, 3.8) is 0 Å². The molecule has 5 rings (SSSR count). The number of likely N-dealkylation sites (N-methyl/N-ethyl adjacent to an activating group) is 1. The molecule has 0 aromatic heterocycles. The van der Waals surface area contributed by atoms with E-state index < -0.39 is 11.8 Å². The molecule has 0 radical (unpaired) electrons. The van der Waals surface area contributed by atoms with E-state index in [0.29, 0.717) is 22.3 Å². The number of piperazine rings is 1. The van der Waals surface area contributed by atoms with E-state index in [1.807, 2.05) is 36.4 Å². The molecule has 0 atom stereocenters. The van der Waals surface area contributed by atoms with Gasteiger partial charge in [0.05, 0.1) is 12.7 Å². The Balaban J connectivity index is 1.36. The molecule has 2 amide bonds. The SMILES string of the molecule is COc1ccc(C#Cc2ccc3c(c2)C(=CNc2ccc(N4CCN(C)CC4)cc2)C(=O)NC3=O)cc1. The lowest BCUT2D eigenvalue weighted by molar-refractivity contribution is -0.114. The van der Waals surface area contributed by atoms with Crippen LogP contribution in [0.2, 0.25) is 0 Å². The maximum Gasteiger partial charge on any atom is 0.260 e. The minimum Gasteiger partial charge on any atom is -0.497 e. The Morgan fingerprint density at radius 2 is 1.51 bits per heavy atom. The summed E-state index contributed by atoms with van der Waals surface area (Å²) in [7, 11) is 3.76. The molecule has 2 aliphatic heterocycles. The van der Waals surface area contributed by atoms with Crippen molar-refractivity contribution in [2.75, 3.05) is 50.6 Å². The summed E-state index contributed by atoms with van der Waals surface area (Å²) in [5, 5.41) is 5.64. The highest BCUT2D eigenvalue weighted by Gasteiger charge is 2.27. The van der Waals surface area contributed by atoms with Gasteiger partial charge in [-0.2, -0.15) is 0 Å². The number of ether oxygens (including phenoxy) is 1. The highest BCUT2D eigenvalue weighted by atomic mass is 16.5. The predicted molar refractivity (Wildman–Crippen MR) is 146 cm³/mol. The molecule has 7 nitrogen and oxygen atoms in total. The van der Waals surface area contributed by atoms with Crippen LogP contribution in [0.1, 0.15) is 27.0 Å². The predicted octanol–water partition coefficient (Wildman–Crippen LogP) is 3.57. The van der Waals surface area contributed by atoms with E-state index in [1.54, 1.807) is 31.5 Å². The number of nitrogens with one attached hydrogen (secondary N) is 2. The third kappa shape index (κ3) is 5.50. The highest BCUT2D eigenvalue weighted by Crippen LogP contribution is 2.26. The van der Waals surface area contributed by atoms with Crippen LogP contribution in [0, 0.1) is 11.8 Å². The zero-order valence-corrected chi connectivity index (χ0v) is 20.9. The summed E-state index contributed by atoms with van der Waals surface area (Å²) in [5.41, 5.74) is 4.95. The second-order valence-corrected chi connectivity index (χ2v) is 9.06. The van der Waals surface area contributed by atoms with Gasteiger partial charge in [0.25, 0.3) is 11.8 Å². The molecule has 1 saturated heterocycles. The number of rotatable bonds is 4. The summed E-state index contributed by atoms with van der Waals surface area (Å²) in [6.45, 7) is 4.10. The van der Waals surface area contributed by atoms with Gasteiger partial charge in [0.2, 0.25) is 0 Å². The van der Waals surface area contributed by atoms with Crippen molar-refractivity contribution < 1.29 is 14.3 Å². The van der Waals surface area contributed by atoms with Gasteiger partial charge in [0.1, 0.15) is 5.75 Å². The molecule has 3 aromatic rings. The number of nitrogens with zero attached hydrogens (tertiary/aromatic N) is 2. The first kappa shape index (κ1) is 24.2. The van der Waals surface area contributed by atoms with Crippen molar-refractivity contribution in [1.82, 2.24) is 10.2 Å². The van der Waals surface area contributed by atoms with Gasteiger partial charge in [-0.05, 0) is 73.8 Å². The number of carbonyl (C=O) groups is 2. The lowest BCUT2D eigenvalue weighted by atomic mass is 9.93. The Labute approximate surface area is 216 Å². The van der Waals surface area contributed by atoms with Gasteiger partial charge in [-0.25, -0.2) is 0 Å². The monoisotopic (exact) mass is 492 g/mol. The van der Waals surface area contributed by atoms with Crippen LogP contribution in [0.3, 0.4) is 0 Å². The van der Waals surface area contributed by atoms with Crippen LogP contribution in [0.4, 0.5) is 11.4 Å². The van der Waals surface area contributed by atoms with Crippen LogP contribution < -0.4 is 20.3 Å². The Morgan fingerprint density at radius 1 is 0.838 bits per heavy atom. The largest absolute Gasteiger partial charge is 0.497 e. The fourth-order valence-electron chi connectivity index (χ4n) is 4.35. The number of methoxy groups -OCH3 is 1. The maximum absolute atomic E-state index is 12.7. The zero-order valence-electron chi connectivity index (χ0n) is 20.9. The maximum atomic E-state index is 12.7. The minimum absolute atomic E-state index is 0.380. The number of benzene rings is 3. The first-order valence-corrected chi connectivity index (χ1v) is 12.2. The summed E-state index contributed by atoms with van der Waals surface area (Å²) in [5.74, 6) is 6.14. The lowest BCUT2D eigenvalue weighted by Gasteiger charge is -2.34. The van der Waals surface area contributed by atoms with Gasteiger partial charge in [-0.15, -0.1) is 0 Å². The van der Waals surface area contributed by atoms with E-state index in [2.05, 4.69) is 51.5 Å². The van der Waals surface area contributed by atoms with Crippen molar-refractivity contribution in [3.8, 4) is 17.6 Å². The molecule has 0 aliphatic carbocycles. The Morgan fingerprint density at radius 3 is 2.22 bits per heavy atom. The van der Waals surface area contributed by atoms with Gasteiger partial charge in [-0.3, -0.25) is 14.9 Å². The van der Waals surface area contributed by atoms with Crippen LogP contribution in [-0.4, -0.2) is 57.1 Å². The van der Waals surface area contributed by atoms with E-state index in [9.17, 15) is 9.59 Å². The standard InChI is InChI=1S/C30H28N4O3/c1-33-15-17-34(18-16-33)24-10-8-23(9-11-24)31-20-28-27-19-22(7-14-26(27)29(35)32-30(28)36)4-3-21-5-12-25(37-2)13-6-21/h5-14,19-20,31H,15-18H2,1-2H3,(H,32,35,36). The van der Waals surface area contributed by atoms with Crippen LogP contribution >= 0.6 is 0 Å². The molecule has 186 valence electrons. The van der Waals surface area contributed by atoms with Gasteiger partial charge in [0.15, 0.2) is 0 Å². The van der Waals surface area contributed by atoms with Crippen molar-refractivity contribution in [1.29, 1.82) is 0 Å². The zero-order chi connectivity index (χ0) is 25.8. The molecule has 0 unspecified atom stereocenters. The minimum atomic E-state index is -0.445. The van der Waals surface area contributed by atoms with E-state index >= 15 is 0 Å². The lowest BCUT2D eigenvalue weighted by Crippen LogP contribution is -2.44.